The summed E-state index contributed by atoms with van der Waals surface area (Å²) in [6, 6.07) is 0. The quantitative estimate of drug-likeness (QED) is 0.448. The predicted octanol–water partition coefficient (Wildman–Crippen LogP) is 0.510. The standard InChI is InChI=1S/C4H12N.C4H10O3S.C3H5NO/c1-5(2,3)4;1-4(2)3-8(5,6)7;1-2-3(4)5/h1-4H3;4H,3H2,1-2H3,(H,5,6,7);2H,1H2,(H2,4,5)/q+1;;. The highest BCUT2D eigenvalue weighted by atomic mass is 32.2. The van der Waals surface area contributed by atoms with Gasteiger partial charge in [-0.25, -0.2) is 0 Å². The Morgan fingerprint density at radius 3 is 1.56 bits per heavy atom. The number of hydrogen-bond acceptors (Lipinski definition) is 3. The first-order valence-electron chi connectivity index (χ1n) is 5.35. The lowest BCUT2D eigenvalue weighted by atomic mass is 10.3. The number of primary amides is 1. The number of rotatable bonds is 3. The van der Waals surface area contributed by atoms with E-state index in [1.54, 1.807) is 13.8 Å². The second-order valence-corrected chi connectivity index (χ2v) is 6.93. The van der Waals surface area contributed by atoms with Gasteiger partial charge < -0.3 is 10.2 Å². The van der Waals surface area contributed by atoms with Crippen molar-refractivity contribution >= 4 is 16.0 Å². The van der Waals surface area contributed by atoms with Gasteiger partial charge in [-0.3, -0.25) is 9.35 Å². The first-order valence-corrected chi connectivity index (χ1v) is 6.96. The van der Waals surface area contributed by atoms with Gasteiger partial charge in [0.15, 0.2) is 0 Å². The predicted molar refractivity (Wildman–Crippen MR) is 74.6 cm³/mol. The molecule has 110 valence electrons. The van der Waals surface area contributed by atoms with Crippen molar-refractivity contribution in [3.8, 4) is 0 Å². The topological polar surface area (TPSA) is 97.5 Å². The maximum Gasteiger partial charge on any atom is 0.265 e. The highest BCUT2D eigenvalue weighted by molar-refractivity contribution is 7.85. The van der Waals surface area contributed by atoms with Crippen molar-refractivity contribution in [2.45, 2.75) is 13.8 Å². The summed E-state index contributed by atoms with van der Waals surface area (Å²) in [7, 11) is 4.78. The van der Waals surface area contributed by atoms with Crippen LogP contribution in [0.25, 0.3) is 0 Å². The smallest absolute Gasteiger partial charge is 0.265 e. The minimum atomic E-state index is -3.72. The van der Waals surface area contributed by atoms with Crippen molar-refractivity contribution < 1.29 is 22.2 Å². The Kier molecular flexibility index (Phi) is 12.4. The molecule has 0 fully saturated rings. The summed E-state index contributed by atoms with van der Waals surface area (Å²) in [6.45, 7) is 6.55. The fourth-order valence-electron chi connectivity index (χ4n) is 0.421. The molecule has 0 saturated heterocycles. The third-order valence-electron chi connectivity index (χ3n) is 0.745. The first kappa shape index (κ1) is 22.3. The van der Waals surface area contributed by atoms with Crippen LogP contribution in [0.3, 0.4) is 0 Å². The Labute approximate surface area is 111 Å². The first-order chi connectivity index (χ1) is 7.69. The zero-order valence-corrected chi connectivity index (χ0v) is 13.0. The molecule has 0 aromatic rings. The van der Waals surface area contributed by atoms with Gasteiger partial charge in [-0.15, -0.1) is 0 Å². The van der Waals surface area contributed by atoms with E-state index in [9.17, 15) is 13.2 Å². The monoisotopic (exact) mass is 283 g/mol. The maximum atomic E-state index is 10.00. The minimum Gasteiger partial charge on any atom is -0.366 e. The van der Waals surface area contributed by atoms with Crippen molar-refractivity contribution in [2.75, 3.05) is 33.9 Å². The number of carbonyl (C=O) groups is 1. The molecule has 0 spiro atoms. The van der Waals surface area contributed by atoms with Crippen LogP contribution in [0.4, 0.5) is 0 Å². The molecule has 0 aliphatic carbocycles. The number of carbonyl (C=O) groups excluding carboxylic acids is 1. The van der Waals surface area contributed by atoms with Crippen molar-refractivity contribution in [2.24, 2.45) is 11.7 Å². The lowest BCUT2D eigenvalue weighted by molar-refractivity contribution is -0.849. The Hall–Kier alpha value is -0.920. The van der Waals surface area contributed by atoms with Gasteiger partial charge in [0.1, 0.15) is 0 Å². The zero-order valence-electron chi connectivity index (χ0n) is 12.2. The molecular formula is C11H27N2O4S+. The van der Waals surface area contributed by atoms with E-state index in [0.29, 0.717) is 0 Å². The minimum absolute atomic E-state index is 0.00463. The molecule has 0 radical (unpaired) electrons. The normalized spacial score (nSPS) is 10.7. The summed E-state index contributed by atoms with van der Waals surface area (Å²) in [5.41, 5.74) is 4.53. The lowest BCUT2D eigenvalue weighted by Crippen LogP contribution is -2.27. The van der Waals surface area contributed by atoms with Crippen molar-refractivity contribution in [1.82, 2.24) is 0 Å². The van der Waals surface area contributed by atoms with E-state index in [0.717, 1.165) is 10.6 Å². The molecule has 0 aromatic heterocycles. The van der Waals surface area contributed by atoms with Gasteiger partial charge >= 0.3 is 0 Å². The third-order valence-corrected chi connectivity index (χ3v) is 1.83. The second kappa shape index (κ2) is 10.0. The van der Waals surface area contributed by atoms with Crippen LogP contribution in [0.15, 0.2) is 12.7 Å². The summed E-state index contributed by atoms with van der Waals surface area (Å²) >= 11 is 0. The molecule has 18 heavy (non-hydrogen) atoms. The molecule has 0 saturated carbocycles. The summed E-state index contributed by atoms with van der Waals surface area (Å²) in [4.78, 5) is 9.47. The summed E-state index contributed by atoms with van der Waals surface area (Å²) < 4.78 is 29.2. The van der Waals surface area contributed by atoms with Gasteiger partial charge in [0.05, 0.1) is 33.9 Å². The van der Waals surface area contributed by atoms with Crippen LogP contribution in [0.2, 0.25) is 0 Å². The van der Waals surface area contributed by atoms with Crippen LogP contribution in [-0.4, -0.2) is 57.3 Å². The average Bonchev–Trinajstić information content (AvgIpc) is 1.96. The van der Waals surface area contributed by atoms with Gasteiger partial charge in [0.2, 0.25) is 5.91 Å². The number of nitrogens with zero attached hydrogens (tertiary/aromatic N) is 1. The Bertz CT molecular complexity index is 323. The molecule has 7 heteroatoms. The van der Waals surface area contributed by atoms with Crippen LogP contribution in [0, 0.1) is 5.92 Å². The number of quaternary nitrogens is 1. The summed E-state index contributed by atoms with van der Waals surface area (Å²) in [5, 5.41) is 0. The van der Waals surface area contributed by atoms with E-state index < -0.39 is 16.0 Å². The second-order valence-electron chi connectivity index (χ2n) is 5.43. The number of nitrogens with two attached hydrogens (primary N) is 1. The zero-order chi connectivity index (χ0) is 15.6. The lowest BCUT2D eigenvalue weighted by Gasteiger charge is -2.14. The molecule has 0 unspecified atom stereocenters. The molecule has 1 amide bonds. The molecule has 0 aliphatic rings. The van der Waals surface area contributed by atoms with E-state index in [1.165, 1.54) is 0 Å². The van der Waals surface area contributed by atoms with Crippen LogP contribution in [0.1, 0.15) is 13.8 Å². The Morgan fingerprint density at radius 1 is 1.33 bits per heavy atom. The highest BCUT2D eigenvalue weighted by Gasteiger charge is 2.06. The molecule has 0 atom stereocenters. The Morgan fingerprint density at radius 2 is 1.56 bits per heavy atom. The van der Waals surface area contributed by atoms with E-state index >= 15 is 0 Å². The van der Waals surface area contributed by atoms with Crippen LogP contribution in [-0.2, 0) is 14.9 Å². The Balaban J connectivity index is -0.000000197. The molecule has 0 aliphatic heterocycles. The molecule has 0 bridgehead atoms. The van der Waals surface area contributed by atoms with E-state index in [4.69, 9.17) is 4.55 Å². The molecule has 0 aromatic carbocycles. The van der Waals surface area contributed by atoms with Crippen molar-refractivity contribution in [1.29, 1.82) is 0 Å². The van der Waals surface area contributed by atoms with E-state index in [2.05, 4.69) is 40.5 Å². The van der Waals surface area contributed by atoms with Gasteiger partial charge in [-0.1, -0.05) is 20.4 Å². The summed E-state index contributed by atoms with van der Waals surface area (Å²) in [6.07, 6.45) is 1.06. The molecule has 3 N–H and O–H groups in total. The van der Waals surface area contributed by atoms with Gasteiger partial charge in [-0.2, -0.15) is 8.42 Å². The van der Waals surface area contributed by atoms with Gasteiger partial charge in [-0.05, 0) is 12.0 Å². The molecule has 0 rings (SSSR count). The fourth-order valence-corrected chi connectivity index (χ4v) is 1.26. The van der Waals surface area contributed by atoms with Crippen LogP contribution in [0.5, 0.6) is 0 Å². The van der Waals surface area contributed by atoms with Gasteiger partial charge in [0, 0.05) is 0 Å². The molecule has 0 heterocycles. The highest BCUT2D eigenvalue weighted by Crippen LogP contribution is 1.95. The maximum absolute atomic E-state index is 10.00. The van der Waals surface area contributed by atoms with Crippen molar-refractivity contribution in [3.05, 3.63) is 12.7 Å². The molecular weight excluding hydrogens is 256 g/mol. The van der Waals surface area contributed by atoms with Crippen LogP contribution >= 0.6 is 0 Å². The van der Waals surface area contributed by atoms with E-state index in [-0.39, 0.29) is 11.7 Å². The van der Waals surface area contributed by atoms with Crippen LogP contribution < -0.4 is 5.73 Å². The SMILES string of the molecule is C=CC(N)=O.CC(C)CS(=O)(=O)O.C[N+](C)(C)C. The summed E-state index contributed by atoms with van der Waals surface area (Å²) in [5.74, 6) is -0.623. The number of hydrogen-bond donors (Lipinski definition) is 2. The molecule has 6 nitrogen and oxygen atoms in total. The van der Waals surface area contributed by atoms with Crippen molar-refractivity contribution in [3.63, 3.8) is 0 Å². The largest absolute Gasteiger partial charge is 0.366 e. The van der Waals surface area contributed by atoms with Gasteiger partial charge in [0.25, 0.3) is 10.1 Å². The third kappa shape index (κ3) is 80.9. The van der Waals surface area contributed by atoms with E-state index in [1.807, 2.05) is 0 Å². The number of amides is 1. The fraction of sp³-hybridized carbons (Fsp3) is 0.727. The average molecular weight is 283 g/mol.